The fraction of sp³-hybridized carbons (Fsp3) is 0.182. The molecule has 2 rings (SSSR count). The highest BCUT2D eigenvalue weighted by molar-refractivity contribution is 9.10. The number of aliphatic imine (C=N–C) groups is 1. The molecule has 0 heterocycles. The van der Waals surface area contributed by atoms with Gasteiger partial charge < -0.3 is 14.6 Å². The van der Waals surface area contributed by atoms with E-state index >= 15 is 0 Å². The fourth-order valence-corrected chi connectivity index (χ4v) is 3.19. The van der Waals surface area contributed by atoms with Crippen LogP contribution in [-0.4, -0.2) is 37.2 Å². The molecular weight excluding hydrogens is 436 g/mol. The van der Waals surface area contributed by atoms with Gasteiger partial charge in [-0.15, -0.1) is 0 Å². The van der Waals surface area contributed by atoms with E-state index in [0.29, 0.717) is 28.9 Å². The van der Waals surface area contributed by atoms with Gasteiger partial charge in [-0.2, -0.15) is 5.26 Å². The molecular formula is C22H19BrN2O4. The summed E-state index contributed by atoms with van der Waals surface area (Å²) in [7, 11) is 1.60. The van der Waals surface area contributed by atoms with Crippen molar-refractivity contribution in [2.75, 3.05) is 13.7 Å². The zero-order chi connectivity index (χ0) is 21.2. The molecule has 0 saturated heterocycles. The van der Waals surface area contributed by atoms with E-state index in [-0.39, 0.29) is 0 Å². The number of nitrogens with zero attached hydrogens (tertiary/aromatic N) is 2. The van der Waals surface area contributed by atoms with Crippen LogP contribution >= 0.6 is 15.9 Å². The Labute approximate surface area is 177 Å². The lowest BCUT2D eigenvalue weighted by molar-refractivity contribution is -0.139. The van der Waals surface area contributed by atoms with Gasteiger partial charge in [-0.3, -0.25) is 4.99 Å². The Balaban J connectivity index is 2.45. The van der Waals surface area contributed by atoms with E-state index in [0.717, 1.165) is 16.3 Å². The highest BCUT2D eigenvalue weighted by atomic mass is 79.9. The minimum atomic E-state index is -1.11. The van der Waals surface area contributed by atoms with Gasteiger partial charge in [-0.1, -0.05) is 40.2 Å². The van der Waals surface area contributed by atoms with Gasteiger partial charge >= 0.3 is 5.97 Å². The van der Waals surface area contributed by atoms with E-state index in [4.69, 9.17) is 9.84 Å². The maximum Gasteiger partial charge on any atom is 0.341 e. The third kappa shape index (κ3) is 6.13. The lowest BCUT2D eigenvalue weighted by Gasteiger charge is -2.17. The fourth-order valence-electron chi connectivity index (χ4n) is 2.81. The SMILES string of the molecule is CN=C/C(=C\Cc1ccccc1C#N)C(C=O)c1cc(Br)ccc1OCC(=O)O. The van der Waals surface area contributed by atoms with Crippen molar-refractivity contribution in [2.45, 2.75) is 12.3 Å². The Kier molecular flexibility index (Phi) is 8.31. The van der Waals surface area contributed by atoms with Gasteiger partial charge in [0, 0.05) is 23.3 Å². The molecule has 0 amide bonds. The molecule has 29 heavy (non-hydrogen) atoms. The largest absolute Gasteiger partial charge is 0.482 e. The smallest absolute Gasteiger partial charge is 0.341 e. The number of benzene rings is 2. The summed E-state index contributed by atoms with van der Waals surface area (Å²) in [5, 5.41) is 18.2. The third-order valence-corrected chi connectivity index (χ3v) is 4.62. The molecule has 2 aromatic rings. The van der Waals surface area contributed by atoms with Crippen LogP contribution in [-0.2, 0) is 16.0 Å². The number of rotatable bonds is 9. The Morgan fingerprint density at radius 2 is 2.10 bits per heavy atom. The quantitative estimate of drug-likeness (QED) is 0.456. The predicted octanol–water partition coefficient (Wildman–Crippen LogP) is 3.94. The molecule has 0 aliphatic heterocycles. The summed E-state index contributed by atoms with van der Waals surface area (Å²) in [4.78, 5) is 26.9. The van der Waals surface area contributed by atoms with Gasteiger partial charge in [-0.25, -0.2) is 4.79 Å². The number of halogens is 1. The maximum absolute atomic E-state index is 12.0. The molecule has 0 bridgehead atoms. The first-order valence-corrected chi connectivity index (χ1v) is 9.49. The lowest BCUT2D eigenvalue weighted by atomic mass is 9.90. The van der Waals surface area contributed by atoms with Crippen LogP contribution in [0.15, 0.2) is 63.6 Å². The second kappa shape index (κ2) is 10.9. The van der Waals surface area contributed by atoms with E-state index < -0.39 is 18.5 Å². The molecule has 1 unspecified atom stereocenters. The second-order valence-electron chi connectivity index (χ2n) is 6.04. The summed E-state index contributed by atoms with van der Waals surface area (Å²) in [5.74, 6) is -1.52. The molecule has 0 aliphatic carbocycles. The standard InChI is InChI=1S/C22H19BrN2O4/c1-25-12-17(7-6-15-4-2-3-5-16(15)11-24)20(13-26)19-10-18(23)8-9-21(19)29-14-22(27)28/h2-5,7-10,12-13,20H,6,14H2,1H3,(H,27,28)/b17-7+,25-12?. The Bertz CT molecular complexity index is 993. The molecule has 0 saturated carbocycles. The first-order chi connectivity index (χ1) is 14.0. The molecule has 0 aromatic heterocycles. The number of nitriles is 1. The zero-order valence-electron chi connectivity index (χ0n) is 15.7. The normalized spacial score (nSPS) is 12.4. The average Bonchev–Trinajstić information content (AvgIpc) is 2.72. The van der Waals surface area contributed by atoms with Crippen LogP contribution in [0.1, 0.15) is 22.6 Å². The van der Waals surface area contributed by atoms with E-state index in [1.807, 2.05) is 18.2 Å². The van der Waals surface area contributed by atoms with Crippen LogP contribution in [0.25, 0.3) is 0 Å². The van der Waals surface area contributed by atoms with E-state index in [2.05, 4.69) is 27.0 Å². The maximum atomic E-state index is 12.0. The average molecular weight is 455 g/mol. The number of hydrogen-bond donors (Lipinski definition) is 1. The van der Waals surface area contributed by atoms with E-state index in [9.17, 15) is 14.9 Å². The number of carboxylic acids is 1. The minimum Gasteiger partial charge on any atom is -0.482 e. The van der Waals surface area contributed by atoms with Crippen molar-refractivity contribution in [3.63, 3.8) is 0 Å². The molecule has 7 heteroatoms. The van der Waals surface area contributed by atoms with Crippen molar-refractivity contribution in [1.29, 1.82) is 5.26 Å². The molecule has 0 radical (unpaired) electrons. The van der Waals surface area contributed by atoms with Gasteiger partial charge in [0.05, 0.1) is 17.6 Å². The third-order valence-electron chi connectivity index (χ3n) is 4.13. The molecule has 0 spiro atoms. The van der Waals surface area contributed by atoms with Crippen LogP contribution < -0.4 is 4.74 Å². The number of aldehydes is 1. The van der Waals surface area contributed by atoms with Crippen LogP contribution in [0, 0.1) is 11.3 Å². The zero-order valence-corrected chi connectivity index (χ0v) is 17.3. The second-order valence-corrected chi connectivity index (χ2v) is 6.96. The molecule has 1 atom stereocenters. The molecule has 2 aromatic carbocycles. The van der Waals surface area contributed by atoms with Crippen molar-refractivity contribution >= 4 is 34.4 Å². The predicted molar refractivity (Wildman–Crippen MR) is 113 cm³/mol. The van der Waals surface area contributed by atoms with Crippen molar-refractivity contribution < 1.29 is 19.4 Å². The Hall–Kier alpha value is -3.24. The summed E-state index contributed by atoms with van der Waals surface area (Å²) in [6, 6.07) is 14.4. The monoisotopic (exact) mass is 454 g/mol. The van der Waals surface area contributed by atoms with E-state index in [1.54, 1.807) is 43.6 Å². The van der Waals surface area contributed by atoms with Crippen molar-refractivity contribution in [1.82, 2.24) is 0 Å². The first kappa shape index (κ1) is 22.1. The summed E-state index contributed by atoms with van der Waals surface area (Å²) < 4.78 is 6.10. The summed E-state index contributed by atoms with van der Waals surface area (Å²) in [6.45, 7) is -0.517. The first-order valence-electron chi connectivity index (χ1n) is 8.69. The van der Waals surface area contributed by atoms with Crippen LogP contribution in [0.5, 0.6) is 5.75 Å². The van der Waals surface area contributed by atoms with Crippen LogP contribution in [0.3, 0.4) is 0 Å². The van der Waals surface area contributed by atoms with Gasteiger partial charge in [0.25, 0.3) is 0 Å². The summed E-state index contributed by atoms with van der Waals surface area (Å²) in [6.07, 6.45) is 4.62. The van der Waals surface area contributed by atoms with Crippen LogP contribution in [0.2, 0.25) is 0 Å². The number of hydrogen-bond acceptors (Lipinski definition) is 5. The van der Waals surface area contributed by atoms with Crippen LogP contribution in [0.4, 0.5) is 0 Å². The molecule has 148 valence electrons. The van der Waals surface area contributed by atoms with Crippen molar-refractivity contribution in [2.24, 2.45) is 4.99 Å². The number of carbonyl (C=O) groups is 2. The lowest BCUT2D eigenvalue weighted by Crippen LogP contribution is -2.13. The highest BCUT2D eigenvalue weighted by Crippen LogP contribution is 2.33. The van der Waals surface area contributed by atoms with Gasteiger partial charge in [0.15, 0.2) is 6.61 Å². The summed E-state index contributed by atoms with van der Waals surface area (Å²) in [5.41, 5.74) is 2.54. The highest BCUT2D eigenvalue weighted by Gasteiger charge is 2.20. The molecule has 0 fully saturated rings. The van der Waals surface area contributed by atoms with Crippen molar-refractivity contribution in [3.8, 4) is 11.8 Å². The van der Waals surface area contributed by atoms with E-state index in [1.165, 1.54) is 0 Å². The number of carbonyl (C=O) groups excluding carboxylic acids is 1. The Morgan fingerprint density at radius 3 is 2.76 bits per heavy atom. The summed E-state index contributed by atoms with van der Waals surface area (Å²) >= 11 is 3.38. The molecule has 6 nitrogen and oxygen atoms in total. The molecule has 1 N–H and O–H groups in total. The Morgan fingerprint density at radius 1 is 1.34 bits per heavy atom. The number of aliphatic carboxylic acids is 1. The topological polar surface area (TPSA) is 99.8 Å². The van der Waals surface area contributed by atoms with Gasteiger partial charge in [0.2, 0.25) is 0 Å². The van der Waals surface area contributed by atoms with Gasteiger partial charge in [0.1, 0.15) is 12.0 Å². The van der Waals surface area contributed by atoms with Gasteiger partial charge in [-0.05, 0) is 41.8 Å². The molecule has 0 aliphatic rings. The minimum absolute atomic E-state index is 0.306. The van der Waals surface area contributed by atoms with Crippen molar-refractivity contribution in [3.05, 3.63) is 75.3 Å². The number of carboxylic acid groups (broad SMARTS) is 1. The number of allylic oxidation sites excluding steroid dienone is 2. The number of ether oxygens (including phenoxy) is 1.